The summed E-state index contributed by atoms with van der Waals surface area (Å²) in [6, 6.07) is 9.45. The first-order valence-electron chi connectivity index (χ1n) is 6.24. The van der Waals surface area contributed by atoms with Crippen LogP contribution in [0.25, 0.3) is 21.0 Å². The van der Waals surface area contributed by atoms with Crippen molar-refractivity contribution in [2.24, 2.45) is 0 Å². The minimum absolute atomic E-state index is 0.00769. The van der Waals surface area contributed by atoms with Gasteiger partial charge in [-0.25, -0.2) is 0 Å². The summed E-state index contributed by atoms with van der Waals surface area (Å²) in [7, 11) is 0. The molecule has 0 unspecified atom stereocenters. The zero-order valence-electron chi connectivity index (χ0n) is 10.7. The van der Waals surface area contributed by atoms with E-state index in [0.717, 1.165) is 11.2 Å². The Morgan fingerprint density at radius 3 is 2.70 bits per heavy atom. The van der Waals surface area contributed by atoms with Crippen LogP contribution in [0.5, 0.6) is 11.5 Å². The van der Waals surface area contributed by atoms with Crippen LogP contribution in [0.2, 0.25) is 0 Å². The van der Waals surface area contributed by atoms with Gasteiger partial charge < -0.3 is 0 Å². The molecule has 1 aliphatic heterocycles. The number of rotatable bonds is 1. The van der Waals surface area contributed by atoms with E-state index < -0.39 is 0 Å². The number of aryl methyl sites for hydroxylation is 1. The van der Waals surface area contributed by atoms with Gasteiger partial charge in [0, 0.05) is 0 Å². The molecule has 0 aliphatic carbocycles. The molecule has 0 saturated heterocycles. The summed E-state index contributed by atoms with van der Waals surface area (Å²) in [5.74, 6) is 1.32. The molecule has 20 heavy (non-hydrogen) atoms. The van der Waals surface area contributed by atoms with Crippen molar-refractivity contribution in [3.05, 3.63) is 45.0 Å². The van der Waals surface area contributed by atoms with Crippen LogP contribution in [0.4, 0.5) is 0 Å². The number of fused-ring (bicyclic) bond motifs is 2. The van der Waals surface area contributed by atoms with Crippen LogP contribution in [0.1, 0.15) is 4.44 Å². The van der Waals surface area contributed by atoms with E-state index in [9.17, 15) is 4.79 Å². The number of aromatic amines is 1. The van der Waals surface area contributed by atoms with Gasteiger partial charge in [0.25, 0.3) is 0 Å². The number of H-pyrrole nitrogens is 1. The number of hydrogen-bond acceptors (Lipinski definition) is 3. The van der Waals surface area contributed by atoms with Crippen molar-refractivity contribution in [1.29, 1.82) is 0 Å². The minimum atomic E-state index is 0.00769. The first-order valence-corrected chi connectivity index (χ1v) is 7.95. The molecule has 1 aliphatic rings. The van der Waals surface area contributed by atoms with Crippen LogP contribution >= 0.6 is 0 Å². The quantitative estimate of drug-likeness (QED) is 0.696. The summed E-state index contributed by atoms with van der Waals surface area (Å²) in [6.07, 6.45) is 0. The SMILES string of the molecule is Cc1ccc(-c2cc(=O)c3cc4c(cc3[nH]2)OCO4)[se]1. The van der Waals surface area contributed by atoms with E-state index in [2.05, 4.69) is 24.0 Å². The van der Waals surface area contributed by atoms with E-state index in [1.807, 2.05) is 6.07 Å². The molecule has 0 bridgehead atoms. The van der Waals surface area contributed by atoms with E-state index in [1.165, 1.54) is 8.87 Å². The van der Waals surface area contributed by atoms with Gasteiger partial charge in [0.15, 0.2) is 0 Å². The van der Waals surface area contributed by atoms with Crippen molar-refractivity contribution < 1.29 is 9.47 Å². The summed E-state index contributed by atoms with van der Waals surface area (Å²) in [4.78, 5) is 15.6. The van der Waals surface area contributed by atoms with Crippen molar-refractivity contribution in [2.75, 3.05) is 6.79 Å². The second-order valence-electron chi connectivity index (χ2n) is 4.71. The van der Waals surface area contributed by atoms with Gasteiger partial charge in [0.05, 0.1) is 0 Å². The molecule has 100 valence electrons. The third-order valence-electron chi connectivity index (χ3n) is 3.33. The number of nitrogens with one attached hydrogen (secondary N) is 1. The Kier molecular flexibility index (Phi) is 2.52. The molecule has 1 N–H and O–H groups in total. The topological polar surface area (TPSA) is 51.3 Å². The number of aromatic nitrogens is 1. The van der Waals surface area contributed by atoms with Crippen molar-refractivity contribution in [2.45, 2.75) is 6.92 Å². The summed E-state index contributed by atoms with van der Waals surface area (Å²) >= 11 is 0.299. The van der Waals surface area contributed by atoms with Crippen LogP contribution in [-0.4, -0.2) is 26.3 Å². The van der Waals surface area contributed by atoms with Gasteiger partial charge in [-0.1, -0.05) is 0 Å². The van der Waals surface area contributed by atoms with Gasteiger partial charge in [0.2, 0.25) is 0 Å². The van der Waals surface area contributed by atoms with Crippen LogP contribution in [0.15, 0.2) is 35.1 Å². The fourth-order valence-electron chi connectivity index (χ4n) is 2.35. The average Bonchev–Trinajstić information content (AvgIpc) is 3.04. The maximum absolute atomic E-state index is 12.3. The summed E-state index contributed by atoms with van der Waals surface area (Å²) in [6.45, 7) is 2.32. The van der Waals surface area contributed by atoms with E-state index >= 15 is 0 Å². The number of hydrogen-bond donors (Lipinski definition) is 1. The Hall–Kier alpha value is -1.97. The summed E-state index contributed by atoms with van der Waals surface area (Å²) in [5.41, 5.74) is 1.70. The molecule has 4 rings (SSSR count). The summed E-state index contributed by atoms with van der Waals surface area (Å²) < 4.78 is 13.2. The van der Waals surface area contributed by atoms with Gasteiger partial charge in [-0.15, -0.1) is 0 Å². The fraction of sp³-hybridized carbons (Fsp3) is 0.133. The molecule has 1 aromatic carbocycles. The second-order valence-corrected chi connectivity index (χ2v) is 7.41. The monoisotopic (exact) mass is 333 g/mol. The van der Waals surface area contributed by atoms with Crippen LogP contribution in [0.3, 0.4) is 0 Å². The first-order chi connectivity index (χ1) is 9.70. The van der Waals surface area contributed by atoms with Crippen LogP contribution in [-0.2, 0) is 0 Å². The third kappa shape index (κ3) is 1.79. The van der Waals surface area contributed by atoms with Crippen LogP contribution < -0.4 is 14.9 Å². The first kappa shape index (κ1) is 11.8. The number of benzene rings is 1. The molecule has 3 heterocycles. The normalized spacial score (nSPS) is 13.1. The Bertz CT molecular complexity index is 878. The number of pyridine rings is 1. The molecule has 4 nitrogen and oxygen atoms in total. The molecule has 0 fully saturated rings. The molecule has 0 radical (unpaired) electrons. The standard InChI is InChI=1S/C15H11NO3Se/c1-8-2-3-15(20-8)11-5-12(17)9-4-13-14(19-7-18-13)6-10(9)16-11/h2-6H,7H2,1H3,(H,16,17). The zero-order valence-corrected chi connectivity index (χ0v) is 12.4. The summed E-state index contributed by atoms with van der Waals surface area (Å²) in [5, 5.41) is 0.633. The van der Waals surface area contributed by atoms with E-state index in [1.54, 1.807) is 12.1 Å². The predicted octanol–water partition coefficient (Wildman–Crippen LogP) is 2.29. The van der Waals surface area contributed by atoms with Crippen molar-refractivity contribution in [3.63, 3.8) is 0 Å². The van der Waals surface area contributed by atoms with Crippen LogP contribution in [0, 0.1) is 6.92 Å². The average molecular weight is 332 g/mol. The molecule has 3 aromatic rings. The predicted molar refractivity (Wildman–Crippen MR) is 77.8 cm³/mol. The van der Waals surface area contributed by atoms with Crippen molar-refractivity contribution in [1.82, 2.24) is 4.98 Å². The van der Waals surface area contributed by atoms with Crippen molar-refractivity contribution >= 4 is 25.4 Å². The molecular weight excluding hydrogens is 321 g/mol. The van der Waals surface area contributed by atoms with Gasteiger partial charge >= 0.3 is 120 Å². The molecule has 0 spiro atoms. The second kappa shape index (κ2) is 4.27. The van der Waals surface area contributed by atoms with Gasteiger partial charge in [-0.2, -0.15) is 0 Å². The number of ether oxygens (including phenoxy) is 2. The maximum atomic E-state index is 12.3. The molecule has 5 heteroatoms. The van der Waals surface area contributed by atoms with E-state index in [-0.39, 0.29) is 12.2 Å². The van der Waals surface area contributed by atoms with Gasteiger partial charge in [0.1, 0.15) is 0 Å². The Morgan fingerprint density at radius 2 is 1.95 bits per heavy atom. The third-order valence-corrected chi connectivity index (χ3v) is 5.50. The molecule has 0 atom stereocenters. The fourth-order valence-corrected chi connectivity index (χ4v) is 4.11. The Balaban J connectivity index is 1.98. The van der Waals surface area contributed by atoms with Crippen molar-refractivity contribution in [3.8, 4) is 21.6 Å². The Labute approximate surface area is 120 Å². The molecule has 0 amide bonds. The van der Waals surface area contributed by atoms with Gasteiger partial charge in [-0.05, 0) is 0 Å². The van der Waals surface area contributed by atoms with Gasteiger partial charge in [-0.3, -0.25) is 0 Å². The van der Waals surface area contributed by atoms with E-state index in [4.69, 9.17) is 9.47 Å². The molecular formula is C15H11NO3Se. The Morgan fingerprint density at radius 1 is 1.15 bits per heavy atom. The van der Waals surface area contributed by atoms with E-state index in [0.29, 0.717) is 31.4 Å². The molecule has 0 saturated carbocycles. The molecule has 2 aromatic heterocycles. The zero-order chi connectivity index (χ0) is 13.7.